The summed E-state index contributed by atoms with van der Waals surface area (Å²) in [6.07, 6.45) is 0. The van der Waals surface area contributed by atoms with E-state index >= 15 is 0 Å². The first-order valence-electron chi connectivity index (χ1n) is 12.6. The Bertz CT molecular complexity index is 1600. The van der Waals surface area contributed by atoms with Crippen LogP contribution < -0.4 is 14.2 Å². The summed E-state index contributed by atoms with van der Waals surface area (Å²) in [6, 6.07) is 25.1. The van der Waals surface area contributed by atoms with Crippen LogP contribution in [0.4, 0.5) is 0 Å². The highest BCUT2D eigenvalue weighted by Crippen LogP contribution is 2.29. The molecule has 0 unspecified atom stereocenters. The van der Waals surface area contributed by atoms with Crippen LogP contribution in [-0.4, -0.2) is 31.5 Å². The van der Waals surface area contributed by atoms with Gasteiger partial charge in [0.15, 0.2) is 0 Å². The van der Waals surface area contributed by atoms with Crippen molar-refractivity contribution in [2.24, 2.45) is 0 Å². The molecule has 0 aromatic heterocycles. The highest BCUT2D eigenvalue weighted by Gasteiger charge is 2.11. The second-order valence-electron chi connectivity index (χ2n) is 9.11. The summed E-state index contributed by atoms with van der Waals surface area (Å²) >= 11 is 0. The predicted molar refractivity (Wildman–Crippen MR) is 154 cm³/mol. The molecule has 0 radical (unpaired) electrons. The summed E-state index contributed by atoms with van der Waals surface area (Å²) in [5, 5.41) is 1.88. The van der Waals surface area contributed by atoms with E-state index in [0.717, 1.165) is 21.9 Å². The van der Waals surface area contributed by atoms with E-state index in [-0.39, 0.29) is 19.2 Å². The van der Waals surface area contributed by atoms with Gasteiger partial charge in [0.25, 0.3) is 0 Å². The van der Waals surface area contributed by atoms with E-state index in [0.29, 0.717) is 28.4 Å². The van der Waals surface area contributed by atoms with Gasteiger partial charge in [-0.2, -0.15) is 0 Å². The Hall–Kier alpha value is -5.37. The molecule has 0 saturated heterocycles. The van der Waals surface area contributed by atoms with Gasteiger partial charge in [-0.25, -0.2) is 14.4 Å². The van der Waals surface area contributed by atoms with Crippen LogP contribution in [0, 0.1) is 0 Å². The SMILES string of the molecule is C=C(C)C(=O)OCOc1ccc(C(=O)Oc2ccc3cc(-c4ccc(OCOC(=O)C(=C)C)cc4)ccc3c2)cc1. The van der Waals surface area contributed by atoms with Gasteiger partial charge in [-0.15, -0.1) is 0 Å². The molecule has 0 fully saturated rings. The van der Waals surface area contributed by atoms with Gasteiger partial charge >= 0.3 is 17.9 Å². The monoisotopic (exact) mass is 552 g/mol. The van der Waals surface area contributed by atoms with Crippen molar-refractivity contribution in [2.45, 2.75) is 13.8 Å². The van der Waals surface area contributed by atoms with Gasteiger partial charge < -0.3 is 23.7 Å². The first-order chi connectivity index (χ1) is 19.7. The molecule has 0 heterocycles. The molecule has 0 N–H and O–H groups in total. The number of benzene rings is 4. The van der Waals surface area contributed by atoms with Crippen molar-refractivity contribution in [1.82, 2.24) is 0 Å². The highest BCUT2D eigenvalue weighted by atomic mass is 16.7. The lowest BCUT2D eigenvalue weighted by Crippen LogP contribution is -2.11. The number of fused-ring (bicyclic) bond motifs is 1. The van der Waals surface area contributed by atoms with Crippen molar-refractivity contribution in [3.63, 3.8) is 0 Å². The van der Waals surface area contributed by atoms with Crippen LogP contribution in [-0.2, 0) is 19.1 Å². The Balaban J connectivity index is 1.34. The molecule has 8 nitrogen and oxygen atoms in total. The summed E-state index contributed by atoms with van der Waals surface area (Å²) in [5.41, 5.74) is 2.91. The van der Waals surface area contributed by atoms with Gasteiger partial charge in [0.2, 0.25) is 13.6 Å². The van der Waals surface area contributed by atoms with Crippen molar-refractivity contribution in [1.29, 1.82) is 0 Å². The summed E-state index contributed by atoms with van der Waals surface area (Å²) in [7, 11) is 0. The number of hydrogen-bond donors (Lipinski definition) is 0. The summed E-state index contributed by atoms with van der Waals surface area (Å²) in [4.78, 5) is 35.5. The van der Waals surface area contributed by atoms with E-state index < -0.39 is 17.9 Å². The van der Waals surface area contributed by atoms with Crippen LogP contribution >= 0.6 is 0 Å². The highest BCUT2D eigenvalue weighted by molar-refractivity contribution is 5.93. The van der Waals surface area contributed by atoms with Crippen LogP contribution in [0.1, 0.15) is 24.2 Å². The second-order valence-corrected chi connectivity index (χ2v) is 9.11. The van der Waals surface area contributed by atoms with Crippen molar-refractivity contribution in [3.05, 3.63) is 115 Å². The molecule has 0 aliphatic carbocycles. The van der Waals surface area contributed by atoms with Crippen molar-refractivity contribution in [3.8, 4) is 28.4 Å². The molecule has 0 atom stereocenters. The van der Waals surface area contributed by atoms with E-state index in [9.17, 15) is 14.4 Å². The van der Waals surface area contributed by atoms with Gasteiger partial charge in [0.1, 0.15) is 17.2 Å². The lowest BCUT2D eigenvalue weighted by molar-refractivity contribution is -0.146. The predicted octanol–water partition coefficient (Wildman–Crippen LogP) is 6.64. The summed E-state index contributed by atoms with van der Waals surface area (Å²) < 4.78 is 26.2. The maximum atomic E-state index is 12.7. The zero-order chi connectivity index (χ0) is 29.4. The van der Waals surface area contributed by atoms with E-state index in [1.165, 1.54) is 0 Å². The van der Waals surface area contributed by atoms with Crippen LogP contribution in [0.3, 0.4) is 0 Å². The van der Waals surface area contributed by atoms with Gasteiger partial charge in [-0.1, -0.05) is 43.5 Å². The van der Waals surface area contributed by atoms with E-state index in [4.69, 9.17) is 23.7 Å². The lowest BCUT2D eigenvalue weighted by Gasteiger charge is -2.10. The minimum absolute atomic E-state index is 0.192. The van der Waals surface area contributed by atoms with Gasteiger partial charge in [-0.3, -0.25) is 0 Å². The molecule has 0 bridgehead atoms. The van der Waals surface area contributed by atoms with Crippen molar-refractivity contribution in [2.75, 3.05) is 13.6 Å². The number of ether oxygens (including phenoxy) is 5. The Morgan fingerprint density at radius 3 is 1.61 bits per heavy atom. The number of carbonyl (C=O) groups is 3. The topological polar surface area (TPSA) is 97.4 Å². The standard InChI is InChI=1S/C33H28O8/c1-21(2)31(34)39-19-37-28-12-7-23(8-13-28)25-5-6-27-18-30(16-11-26(27)17-25)41-33(36)24-9-14-29(15-10-24)38-20-40-32(35)22(3)4/h5-18H,1,3,19-20H2,2,4H3. The molecule has 0 aliphatic rings. The largest absolute Gasteiger partial charge is 0.457 e. The first-order valence-corrected chi connectivity index (χ1v) is 12.6. The van der Waals surface area contributed by atoms with Crippen LogP contribution in [0.2, 0.25) is 0 Å². The fourth-order valence-corrected chi connectivity index (χ4v) is 3.61. The van der Waals surface area contributed by atoms with Gasteiger partial charge in [0.05, 0.1) is 5.56 Å². The minimum atomic E-state index is -0.543. The summed E-state index contributed by atoms with van der Waals surface area (Å²) in [5.74, 6) is -0.144. The third kappa shape index (κ3) is 7.83. The number of rotatable bonds is 11. The smallest absolute Gasteiger partial charge is 0.343 e. The Morgan fingerprint density at radius 1 is 0.585 bits per heavy atom. The molecule has 0 aliphatic heterocycles. The maximum Gasteiger partial charge on any atom is 0.343 e. The average molecular weight is 553 g/mol. The van der Waals surface area contributed by atoms with Gasteiger partial charge in [-0.05, 0) is 90.3 Å². The Labute approximate surface area is 237 Å². The molecular formula is C33H28O8. The average Bonchev–Trinajstić information content (AvgIpc) is 2.97. The molecule has 208 valence electrons. The fourth-order valence-electron chi connectivity index (χ4n) is 3.61. The van der Waals surface area contributed by atoms with Crippen LogP contribution in [0.25, 0.3) is 21.9 Å². The van der Waals surface area contributed by atoms with Crippen molar-refractivity contribution >= 4 is 28.7 Å². The second kappa shape index (κ2) is 13.1. The van der Waals surface area contributed by atoms with Crippen LogP contribution in [0.5, 0.6) is 17.2 Å². The third-order valence-electron chi connectivity index (χ3n) is 5.83. The molecule has 0 spiro atoms. The van der Waals surface area contributed by atoms with Gasteiger partial charge in [0, 0.05) is 11.1 Å². The zero-order valence-electron chi connectivity index (χ0n) is 22.7. The number of esters is 3. The minimum Gasteiger partial charge on any atom is -0.457 e. The third-order valence-corrected chi connectivity index (χ3v) is 5.83. The zero-order valence-corrected chi connectivity index (χ0v) is 22.7. The molecule has 41 heavy (non-hydrogen) atoms. The van der Waals surface area contributed by atoms with E-state index in [1.54, 1.807) is 62.4 Å². The normalized spacial score (nSPS) is 10.4. The van der Waals surface area contributed by atoms with E-state index in [2.05, 4.69) is 13.2 Å². The molecule has 4 aromatic rings. The number of carbonyl (C=O) groups excluding carboxylic acids is 3. The van der Waals surface area contributed by atoms with Crippen LogP contribution in [0.15, 0.2) is 109 Å². The molecule has 0 saturated carbocycles. The Morgan fingerprint density at radius 2 is 1.05 bits per heavy atom. The lowest BCUT2D eigenvalue weighted by atomic mass is 10.0. The molecule has 4 rings (SSSR count). The van der Waals surface area contributed by atoms with E-state index in [1.807, 2.05) is 36.4 Å². The molecule has 0 amide bonds. The molecular weight excluding hydrogens is 524 g/mol. The first kappa shape index (κ1) is 28.6. The number of hydrogen-bond acceptors (Lipinski definition) is 8. The van der Waals surface area contributed by atoms with Crippen molar-refractivity contribution < 1.29 is 38.1 Å². The fraction of sp³-hybridized carbons (Fsp3) is 0.121. The quantitative estimate of drug-likeness (QED) is 0.0884. The maximum absolute atomic E-state index is 12.7. The molecule has 8 heteroatoms. The summed E-state index contributed by atoms with van der Waals surface area (Å²) in [6.45, 7) is 9.69. The Kier molecular flexibility index (Phi) is 9.16. The molecule has 4 aromatic carbocycles.